The smallest absolute Gasteiger partial charge is 0.261 e. The Hall–Kier alpha value is -3.19. The minimum atomic E-state index is -0.817. The Morgan fingerprint density at radius 2 is 1.55 bits per heavy atom. The topological polar surface area (TPSA) is 90.5 Å². The van der Waals surface area contributed by atoms with Gasteiger partial charge in [-0.2, -0.15) is 0 Å². The van der Waals surface area contributed by atoms with Gasteiger partial charge in [0, 0.05) is 5.56 Å². The Labute approximate surface area is 183 Å². The van der Waals surface area contributed by atoms with E-state index in [0.29, 0.717) is 5.69 Å². The lowest BCUT2D eigenvalue weighted by molar-refractivity contribution is -0.131. The molecule has 2 aromatic carbocycles. The molecule has 0 spiro atoms. The van der Waals surface area contributed by atoms with E-state index in [1.54, 1.807) is 20.0 Å². The van der Waals surface area contributed by atoms with E-state index in [0.717, 1.165) is 16.7 Å². The Balaban J connectivity index is 1.87. The van der Waals surface area contributed by atoms with Crippen LogP contribution in [0.25, 0.3) is 11.1 Å². The number of nitrogens with zero attached hydrogens (tertiary/aromatic N) is 1. The third kappa shape index (κ3) is 4.46. The first-order chi connectivity index (χ1) is 14.8. The molecule has 3 amide bonds. The van der Waals surface area contributed by atoms with Crippen LogP contribution in [0.5, 0.6) is 0 Å². The molecule has 31 heavy (non-hydrogen) atoms. The van der Waals surface area contributed by atoms with Gasteiger partial charge < -0.3 is 10.6 Å². The summed E-state index contributed by atoms with van der Waals surface area (Å²) in [5.41, 5.74) is 6.07. The van der Waals surface area contributed by atoms with Crippen molar-refractivity contribution in [2.24, 2.45) is 5.92 Å². The molecule has 1 aliphatic heterocycles. The number of benzene rings is 2. The molecule has 0 aromatic heterocycles. The van der Waals surface area contributed by atoms with Gasteiger partial charge in [-0.05, 0) is 44.0 Å². The quantitative estimate of drug-likeness (QED) is 0.667. The second-order valence-electron chi connectivity index (χ2n) is 8.22. The zero-order valence-electron chi connectivity index (χ0n) is 18.6. The number of carbonyl (C=O) groups is 3. The fourth-order valence-corrected chi connectivity index (χ4v) is 3.92. The lowest BCUT2D eigenvalue weighted by Gasteiger charge is -2.27. The van der Waals surface area contributed by atoms with Crippen LogP contribution in [0, 0.1) is 5.92 Å². The number of amides is 3. The van der Waals surface area contributed by atoms with Gasteiger partial charge in [0.15, 0.2) is 0 Å². The summed E-state index contributed by atoms with van der Waals surface area (Å²) < 4.78 is 0. The average Bonchev–Trinajstić information content (AvgIpc) is 2.84. The number of carbonyl (C=O) groups excluding carboxylic acids is 3. The minimum absolute atomic E-state index is 0.0682. The predicted octanol–water partition coefficient (Wildman–Crippen LogP) is 2.58. The number of anilines is 1. The molecular weight excluding hydrogens is 392 g/mol. The van der Waals surface area contributed by atoms with Gasteiger partial charge in [-0.15, -0.1) is 0 Å². The van der Waals surface area contributed by atoms with Crippen molar-refractivity contribution >= 4 is 23.4 Å². The summed E-state index contributed by atoms with van der Waals surface area (Å²) in [6.45, 7) is 7.29. The van der Waals surface area contributed by atoms with Crippen molar-refractivity contribution in [2.45, 2.75) is 45.7 Å². The number of fused-ring (bicyclic) bond motifs is 3. The minimum Gasteiger partial charge on any atom is -0.343 e. The molecule has 7 nitrogen and oxygen atoms in total. The average molecular weight is 423 g/mol. The van der Waals surface area contributed by atoms with E-state index >= 15 is 0 Å². The maximum Gasteiger partial charge on any atom is 0.261 e. The summed E-state index contributed by atoms with van der Waals surface area (Å²) in [4.78, 5) is 38.8. The Kier molecular flexibility index (Phi) is 6.75. The Morgan fingerprint density at radius 3 is 2.19 bits per heavy atom. The molecule has 7 heteroatoms. The van der Waals surface area contributed by atoms with E-state index in [9.17, 15) is 14.4 Å². The highest BCUT2D eigenvalue weighted by Crippen LogP contribution is 2.39. The molecule has 3 N–H and O–H groups in total. The monoisotopic (exact) mass is 422 g/mol. The molecule has 3 atom stereocenters. The summed E-state index contributed by atoms with van der Waals surface area (Å²) in [6, 6.07) is 14.0. The van der Waals surface area contributed by atoms with Crippen LogP contribution in [-0.4, -0.2) is 36.9 Å². The lowest BCUT2D eigenvalue weighted by Crippen LogP contribution is -2.56. The molecule has 2 aromatic rings. The molecular formula is C24H30N4O3. The van der Waals surface area contributed by atoms with Gasteiger partial charge in [0.05, 0.1) is 17.6 Å². The molecule has 1 unspecified atom stereocenters. The molecule has 3 rings (SSSR count). The van der Waals surface area contributed by atoms with Crippen LogP contribution in [0.4, 0.5) is 5.69 Å². The van der Waals surface area contributed by atoms with E-state index < -0.39 is 23.9 Å². The van der Waals surface area contributed by atoms with Crippen LogP contribution < -0.4 is 21.1 Å². The first kappa shape index (κ1) is 22.5. The van der Waals surface area contributed by atoms with Crippen LogP contribution in [0.3, 0.4) is 0 Å². The number of hydrogen-bond donors (Lipinski definition) is 3. The van der Waals surface area contributed by atoms with Gasteiger partial charge in [0.1, 0.15) is 6.04 Å². The molecule has 0 saturated heterocycles. The van der Waals surface area contributed by atoms with E-state index in [-0.39, 0.29) is 17.7 Å². The first-order valence-corrected chi connectivity index (χ1v) is 10.6. The van der Waals surface area contributed by atoms with Crippen molar-refractivity contribution in [3.05, 3.63) is 54.1 Å². The highest BCUT2D eigenvalue weighted by Gasteiger charge is 2.33. The first-order valence-electron chi connectivity index (χ1n) is 10.6. The lowest BCUT2D eigenvalue weighted by atomic mass is 9.92. The SMILES string of the molecule is CN[C@H](C(=O)N[C@@H](C)C(=O)NN1C(=O)C(C)c2ccccc2-c2ccccc21)C(C)C. The van der Waals surface area contributed by atoms with Gasteiger partial charge in [-0.25, -0.2) is 5.01 Å². The number of hydrogen-bond acceptors (Lipinski definition) is 4. The predicted molar refractivity (Wildman–Crippen MR) is 121 cm³/mol. The van der Waals surface area contributed by atoms with E-state index in [4.69, 9.17) is 0 Å². The molecule has 1 heterocycles. The summed E-state index contributed by atoms with van der Waals surface area (Å²) >= 11 is 0. The summed E-state index contributed by atoms with van der Waals surface area (Å²) in [5, 5.41) is 7.00. The van der Waals surface area contributed by atoms with Gasteiger partial charge in [0.25, 0.3) is 11.8 Å². The van der Waals surface area contributed by atoms with Crippen LogP contribution in [-0.2, 0) is 14.4 Å². The second kappa shape index (κ2) is 9.31. The van der Waals surface area contributed by atoms with Crippen molar-refractivity contribution in [3.8, 4) is 11.1 Å². The Morgan fingerprint density at radius 1 is 0.935 bits per heavy atom. The number of rotatable bonds is 6. The maximum atomic E-state index is 13.3. The van der Waals surface area contributed by atoms with E-state index in [1.807, 2.05) is 63.2 Å². The van der Waals surface area contributed by atoms with Crippen LogP contribution in [0.15, 0.2) is 48.5 Å². The molecule has 0 fully saturated rings. The second-order valence-corrected chi connectivity index (χ2v) is 8.22. The van der Waals surface area contributed by atoms with Crippen LogP contribution >= 0.6 is 0 Å². The van der Waals surface area contributed by atoms with E-state index in [2.05, 4.69) is 16.1 Å². The van der Waals surface area contributed by atoms with Gasteiger partial charge in [-0.3, -0.25) is 19.8 Å². The van der Waals surface area contributed by atoms with Crippen molar-refractivity contribution in [3.63, 3.8) is 0 Å². The van der Waals surface area contributed by atoms with Gasteiger partial charge in [-0.1, -0.05) is 56.3 Å². The molecule has 0 radical (unpaired) electrons. The zero-order chi connectivity index (χ0) is 22.7. The molecule has 0 bridgehead atoms. The molecule has 1 aliphatic rings. The number of likely N-dealkylation sites (N-methyl/N-ethyl adjacent to an activating group) is 1. The summed E-state index contributed by atoms with van der Waals surface area (Å²) in [6.07, 6.45) is 0. The number of nitrogens with one attached hydrogen (secondary N) is 3. The standard InChI is InChI=1S/C24H30N4O3/c1-14(2)21(25-5)23(30)26-16(4)22(29)27-28-20-13-9-8-12-19(20)18-11-7-6-10-17(18)15(3)24(28)31/h6-16,21,25H,1-5H3,(H,26,30)(H,27,29)/t15?,16-,21-/m0/s1. The van der Waals surface area contributed by atoms with Gasteiger partial charge >= 0.3 is 0 Å². The highest BCUT2D eigenvalue weighted by molar-refractivity contribution is 6.06. The van der Waals surface area contributed by atoms with Crippen LogP contribution in [0.1, 0.15) is 39.2 Å². The summed E-state index contributed by atoms with van der Waals surface area (Å²) in [5.74, 6) is -1.33. The van der Waals surface area contributed by atoms with Crippen molar-refractivity contribution in [2.75, 3.05) is 12.1 Å². The largest absolute Gasteiger partial charge is 0.343 e. The van der Waals surface area contributed by atoms with Crippen molar-refractivity contribution < 1.29 is 14.4 Å². The van der Waals surface area contributed by atoms with Gasteiger partial charge in [0.2, 0.25) is 5.91 Å². The zero-order valence-corrected chi connectivity index (χ0v) is 18.6. The number of hydrazine groups is 1. The number of para-hydroxylation sites is 1. The normalized spacial score (nSPS) is 17.3. The fraction of sp³-hybridized carbons (Fsp3) is 0.375. The molecule has 0 aliphatic carbocycles. The van der Waals surface area contributed by atoms with E-state index in [1.165, 1.54) is 5.01 Å². The van der Waals surface area contributed by atoms with Crippen molar-refractivity contribution in [1.82, 2.24) is 16.1 Å². The van der Waals surface area contributed by atoms with Crippen LogP contribution in [0.2, 0.25) is 0 Å². The summed E-state index contributed by atoms with van der Waals surface area (Å²) in [7, 11) is 1.71. The molecule has 0 saturated carbocycles. The highest BCUT2D eigenvalue weighted by atomic mass is 16.2. The maximum absolute atomic E-state index is 13.3. The van der Waals surface area contributed by atoms with Crippen molar-refractivity contribution in [1.29, 1.82) is 0 Å². The fourth-order valence-electron chi connectivity index (χ4n) is 3.92. The third-order valence-electron chi connectivity index (χ3n) is 5.69. The molecule has 164 valence electrons. The third-order valence-corrected chi connectivity index (χ3v) is 5.69. The Bertz CT molecular complexity index is 988.